The third kappa shape index (κ3) is 3.51. The number of thioether (sulfide) groups is 1. The molecule has 1 atom stereocenters. The van der Waals surface area contributed by atoms with Gasteiger partial charge >= 0.3 is 0 Å². The molecule has 2 rings (SSSR count). The summed E-state index contributed by atoms with van der Waals surface area (Å²) in [6, 6.07) is 4.99. The van der Waals surface area contributed by atoms with Crippen molar-refractivity contribution in [3.63, 3.8) is 0 Å². The first-order valence-electron chi connectivity index (χ1n) is 6.39. The van der Waals surface area contributed by atoms with E-state index < -0.39 is 10.0 Å². The van der Waals surface area contributed by atoms with E-state index >= 15 is 0 Å². The molecule has 106 valence electrons. The summed E-state index contributed by atoms with van der Waals surface area (Å²) < 4.78 is 27.2. The molecular formula is C13H19NO3S2. The molecule has 0 amide bonds. The molecule has 6 heteroatoms. The molecule has 0 aliphatic carbocycles. The number of aryl methyl sites for hydroxylation is 1. The quantitative estimate of drug-likeness (QED) is 0.865. The van der Waals surface area contributed by atoms with E-state index in [4.69, 9.17) is 0 Å². The molecule has 0 aromatic heterocycles. The number of hydrogen-bond acceptors (Lipinski definition) is 4. The van der Waals surface area contributed by atoms with Gasteiger partial charge in [-0.05, 0) is 41.9 Å². The highest BCUT2D eigenvalue weighted by Gasteiger charge is 2.23. The van der Waals surface area contributed by atoms with Crippen LogP contribution in [-0.2, 0) is 23.1 Å². The molecule has 0 radical (unpaired) electrons. The summed E-state index contributed by atoms with van der Waals surface area (Å²) >= 11 is 1.76. The average molecular weight is 301 g/mol. The smallest absolute Gasteiger partial charge is 0.240 e. The number of rotatable bonds is 5. The van der Waals surface area contributed by atoms with Crippen molar-refractivity contribution in [2.24, 2.45) is 0 Å². The van der Waals surface area contributed by atoms with Gasteiger partial charge in [-0.3, -0.25) is 0 Å². The molecule has 19 heavy (non-hydrogen) atoms. The monoisotopic (exact) mass is 301 g/mol. The fraction of sp³-hybridized carbons (Fsp3) is 0.538. The van der Waals surface area contributed by atoms with Gasteiger partial charge in [-0.25, -0.2) is 13.1 Å². The Hall–Kier alpha value is -0.560. The normalized spacial score (nSPS) is 19.8. The Labute approximate surface area is 118 Å². The van der Waals surface area contributed by atoms with E-state index in [2.05, 4.69) is 4.72 Å². The molecule has 1 saturated heterocycles. The van der Waals surface area contributed by atoms with Gasteiger partial charge in [0.1, 0.15) is 0 Å². The van der Waals surface area contributed by atoms with Crippen LogP contribution < -0.4 is 4.72 Å². The number of benzene rings is 1. The third-order valence-electron chi connectivity index (χ3n) is 3.29. The topological polar surface area (TPSA) is 66.4 Å². The lowest BCUT2D eigenvalue weighted by Crippen LogP contribution is -2.34. The zero-order valence-electron chi connectivity index (χ0n) is 10.9. The van der Waals surface area contributed by atoms with Crippen LogP contribution in [0.15, 0.2) is 23.1 Å². The van der Waals surface area contributed by atoms with Gasteiger partial charge in [0, 0.05) is 11.8 Å². The molecule has 4 nitrogen and oxygen atoms in total. The van der Waals surface area contributed by atoms with Gasteiger partial charge in [0.15, 0.2) is 0 Å². The van der Waals surface area contributed by atoms with E-state index in [1.807, 2.05) is 6.92 Å². The van der Waals surface area contributed by atoms with E-state index in [9.17, 15) is 13.5 Å². The first kappa shape index (κ1) is 14.8. The van der Waals surface area contributed by atoms with Gasteiger partial charge in [0.2, 0.25) is 10.0 Å². The van der Waals surface area contributed by atoms with Crippen LogP contribution in [0, 0.1) is 0 Å². The van der Waals surface area contributed by atoms with Crippen LogP contribution in [0.25, 0.3) is 0 Å². The summed E-state index contributed by atoms with van der Waals surface area (Å²) in [6.45, 7) is 1.85. The minimum absolute atomic E-state index is 0.0263. The fourth-order valence-corrected chi connectivity index (χ4v) is 4.76. The maximum atomic E-state index is 12.3. The molecular weight excluding hydrogens is 282 g/mol. The number of aliphatic hydroxyl groups excluding tert-OH is 1. The molecule has 0 bridgehead atoms. The predicted octanol–water partition coefficient (Wildman–Crippen LogP) is 1.53. The maximum Gasteiger partial charge on any atom is 0.240 e. The molecule has 1 fully saturated rings. The number of sulfonamides is 1. The fourth-order valence-electron chi connectivity index (χ4n) is 2.18. The summed E-state index contributed by atoms with van der Waals surface area (Å²) in [5, 5.41) is 9.31. The lowest BCUT2D eigenvalue weighted by Gasteiger charge is -2.13. The highest BCUT2D eigenvalue weighted by atomic mass is 32.2. The molecule has 1 aliphatic rings. The van der Waals surface area contributed by atoms with Gasteiger partial charge in [-0.2, -0.15) is 11.8 Å². The number of aliphatic hydroxyl groups is 1. The minimum Gasteiger partial charge on any atom is -0.392 e. The Morgan fingerprint density at radius 3 is 2.79 bits per heavy atom. The maximum absolute atomic E-state index is 12.3. The second kappa shape index (κ2) is 6.26. The molecule has 1 aromatic rings. The molecule has 1 aliphatic heterocycles. The Morgan fingerprint density at radius 1 is 1.42 bits per heavy atom. The standard InChI is InChI=1S/C13H19NO3S2/c1-2-10-3-4-13(7-11(10)8-15)19(16,17)14-12-5-6-18-9-12/h3-4,7,12,14-15H,2,5-6,8-9H2,1H3. The summed E-state index contributed by atoms with van der Waals surface area (Å²) in [5.41, 5.74) is 1.67. The van der Waals surface area contributed by atoms with Crippen molar-refractivity contribution in [3.05, 3.63) is 29.3 Å². The van der Waals surface area contributed by atoms with Crippen LogP contribution in [0.2, 0.25) is 0 Å². The van der Waals surface area contributed by atoms with E-state index in [-0.39, 0.29) is 17.5 Å². The lowest BCUT2D eigenvalue weighted by atomic mass is 10.1. The molecule has 1 unspecified atom stereocenters. The number of hydrogen-bond donors (Lipinski definition) is 2. The second-order valence-electron chi connectivity index (χ2n) is 4.62. The minimum atomic E-state index is -3.48. The van der Waals surface area contributed by atoms with Crippen molar-refractivity contribution < 1.29 is 13.5 Å². The van der Waals surface area contributed by atoms with Crippen LogP contribution in [0.1, 0.15) is 24.5 Å². The SMILES string of the molecule is CCc1ccc(S(=O)(=O)NC2CCSC2)cc1CO. The first-order valence-corrected chi connectivity index (χ1v) is 9.03. The van der Waals surface area contributed by atoms with Crippen LogP contribution in [0.5, 0.6) is 0 Å². The Balaban J connectivity index is 2.24. The van der Waals surface area contributed by atoms with Crippen LogP contribution in [0.3, 0.4) is 0 Å². The van der Waals surface area contributed by atoms with Gasteiger partial charge in [-0.1, -0.05) is 13.0 Å². The largest absolute Gasteiger partial charge is 0.392 e. The van der Waals surface area contributed by atoms with Crippen molar-refractivity contribution in [3.8, 4) is 0 Å². The van der Waals surface area contributed by atoms with Crippen LogP contribution in [0.4, 0.5) is 0 Å². The third-order valence-corrected chi connectivity index (χ3v) is 5.97. The van der Waals surface area contributed by atoms with Gasteiger partial charge in [0.05, 0.1) is 11.5 Å². The van der Waals surface area contributed by atoms with Gasteiger partial charge < -0.3 is 5.11 Å². The Morgan fingerprint density at radius 2 is 2.21 bits per heavy atom. The zero-order chi connectivity index (χ0) is 13.9. The summed E-state index contributed by atoms with van der Waals surface area (Å²) in [6.07, 6.45) is 1.66. The van der Waals surface area contributed by atoms with E-state index in [1.165, 1.54) is 0 Å². The van der Waals surface area contributed by atoms with Gasteiger partial charge in [-0.15, -0.1) is 0 Å². The highest BCUT2D eigenvalue weighted by molar-refractivity contribution is 7.99. The van der Waals surface area contributed by atoms with Crippen LogP contribution >= 0.6 is 11.8 Å². The van der Waals surface area contributed by atoms with Crippen molar-refractivity contribution in [1.29, 1.82) is 0 Å². The summed E-state index contributed by atoms with van der Waals surface area (Å²) in [7, 11) is -3.48. The molecule has 0 spiro atoms. The first-order chi connectivity index (χ1) is 9.06. The highest BCUT2D eigenvalue weighted by Crippen LogP contribution is 2.21. The Bertz CT molecular complexity index is 537. The van der Waals surface area contributed by atoms with Crippen LogP contribution in [-0.4, -0.2) is 31.1 Å². The average Bonchev–Trinajstić information content (AvgIpc) is 2.89. The van der Waals surface area contributed by atoms with Crippen molar-refractivity contribution in [2.75, 3.05) is 11.5 Å². The van der Waals surface area contributed by atoms with E-state index in [1.54, 1.807) is 30.0 Å². The lowest BCUT2D eigenvalue weighted by molar-refractivity contribution is 0.280. The molecule has 2 N–H and O–H groups in total. The number of nitrogens with one attached hydrogen (secondary N) is 1. The summed E-state index contributed by atoms with van der Waals surface area (Å²) in [4.78, 5) is 0.241. The van der Waals surface area contributed by atoms with E-state index in [0.29, 0.717) is 5.56 Å². The molecule has 1 heterocycles. The molecule has 0 saturated carbocycles. The second-order valence-corrected chi connectivity index (χ2v) is 7.49. The predicted molar refractivity (Wildman–Crippen MR) is 77.8 cm³/mol. The van der Waals surface area contributed by atoms with E-state index in [0.717, 1.165) is 29.9 Å². The van der Waals surface area contributed by atoms with Crippen molar-refractivity contribution >= 4 is 21.8 Å². The Kier molecular flexibility index (Phi) is 4.89. The van der Waals surface area contributed by atoms with Gasteiger partial charge in [0.25, 0.3) is 0 Å². The molecule has 1 aromatic carbocycles. The zero-order valence-corrected chi connectivity index (χ0v) is 12.6. The summed E-state index contributed by atoms with van der Waals surface area (Å²) in [5.74, 6) is 1.84. The van der Waals surface area contributed by atoms with Crippen molar-refractivity contribution in [2.45, 2.75) is 37.3 Å². The van der Waals surface area contributed by atoms with Crippen molar-refractivity contribution in [1.82, 2.24) is 4.72 Å².